The summed E-state index contributed by atoms with van der Waals surface area (Å²) in [5.74, 6) is 0. The van der Waals surface area contributed by atoms with Crippen LogP contribution in [0.2, 0.25) is 0 Å². The van der Waals surface area contributed by atoms with Crippen molar-refractivity contribution in [2.24, 2.45) is 0 Å². The number of non-ortho nitro benzene ring substituents is 1. The van der Waals surface area contributed by atoms with Crippen LogP contribution in [0.5, 0.6) is 0 Å². The highest BCUT2D eigenvalue weighted by atomic mass is 32.2. The molecule has 1 aliphatic rings. The van der Waals surface area contributed by atoms with Gasteiger partial charge in [0, 0.05) is 38.3 Å². The third-order valence-electron chi connectivity index (χ3n) is 5.10. The summed E-state index contributed by atoms with van der Waals surface area (Å²) in [6, 6.07) is 10.2. The first-order valence-corrected chi connectivity index (χ1v) is 10.9. The lowest BCUT2D eigenvalue weighted by molar-refractivity contribution is -0.385. The Bertz CT molecular complexity index is 984. The summed E-state index contributed by atoms with van der Waals surface area (Å²) in [7, 11) is -3.88. The van der Waals surface area contributed by atoms with Crippen LogP contribution in [0.4, 0.5) is 5.69 Å². The molecular weight excluding hydrogens is 394 g/mol. The molecule has 9 heteroatoms. The second-order valence-corrected chi connectivity index (χ2v) is 8.91. The van der Waals surface area contributed by atoms with Gasteiger partial charge >= 0.3 is 0 Å². The average Bonchev–Trinajstić information content (AvgIpc) is 2.70. The number of nitrogens with zero attached hydrogens (tertiary/aromatic N) is 2. The summed E-state index contributed by atoms with van der Waals surface area (Å²) in [4.78, 5) is 12.7. The van der Waals surface area contributed by atoms with Crippen molar-refractivity contribution in [3.8, 4) is 0 Å². The molecule has 2 aromatic carbocycles. The number of sulfonamides is 1. The van der Waals surface area contributed by atoms with Crippen molar-refractivity contribution < 1.29 is 18.1 Å². The van der Waals surface area contributed by atoms with Crippen molar-refractivity contribution in [3.05, 3.63) is 68.8 Å². The van der Waals surface area contributed by atoms with E-state index in [-0.39, 0.29) is 17.1 Å². The summed E-state index contributed by atoms with van der Waals surface area (Å²) in [5, 5.41) is 11.1. The Hall–Kier alpha value is -2.33. The molecule has 0 saturated carbocycles. The van der Waals surface area contributed by atoms with Crippen LogP contribution in [0, 0.1) is 24.0 Å². The van der Waals surface area contributed by atoms with E-state index in [0.717, 1.165) is 50.0 Å². The van der Waals surface area contributed by atoms with Crippen LogP contribution in [-0.2, 0) is 27.8 Å². The summed E-state index contributed by atoms with van der Waals surface area (Å²) in [5.41, 5.74) is 2.81. The van der Waals surface area contributed by atoms with Crippen LogP contribution in [0.25, 0.3) is 0 Å². The van der Waals surface area contributed by atoms with E-state index >= 15 is 0 Å². The SMILES string of the molecule is Cc1cc([N+](=O)[O-])cc(S(=O)(=O)NCc2ccc(CN3CCOCC3)cc2)c1C. The molecule has 1 heterocycles. The molecule has 2 aromatic rings. The molecule has 0 unspecified atom stereocenters. The molecule has 0 aliphatic carbocycles. The Morgan fingerprint density at radius 2 is 1.72 bits per heavy atom. The van der Waals surface area contributed by atoms with Gasteiger partial charge in [-0.15, -0.1) is 0 Å². The zero-order valence-corrected chi connectivity index (χ0v) is 17.4. The van der Waals surface area contributed by atoms with Gasteiger partial charge in [-0.25, -0.2) is 13.1 Å². The predicted molar refractivity (Wildman–Crippen MR) is 109 cm³/mol. The number of nitro benzene ring substituents is 1. The lowest BCUT2D eigenvalue weighted by Crippen LogP contribution is -2.35. The van der Waals surface area contributed by atoms with E-state index < -0.39 is 14.9 Å². The summed E-state index contributed by atoms with van der Waals surface area (Å²) >= 11 is 0. The summed E-state index contributed by atoms with van der Waals surface area (Å²) in [6.45, 7) is 7.56. The van der Waals surface area contributed by atoms with E-state index in [2.05, 4.69) is 9.62 Å². The first kappa shape index (κ1) is 21.4. The Morgan fingerprint density at radius 1 is 1.10 bits per heavy atom. The Balaban J connectivity index is 1.68. The molecular formula is C20H25N3O5S. The molecule has 29 heavy (non-hydrogen) atoms. The molecule has 0 amide bonds. The molecule has 0 atom stereocenters. The maximum absolute atomic E-state index is 12.7. The van der Waals surface area contributed by atoms with Crippen LogP contribution < -0.4 is 4.72 Å². The van der Waals surface area contributed by atoms with Gasteiger partial charge in [-0.1, -0.05) is 24.3 Å². The van der Waals surface area contributed by atoms with Gasteiger partial charge < -0.3 is 4.74 Å². The van der Waals surface area contributed by atoms with Crippen LogP contribution in [0.15, 0.2) is 41.3 Å². The normalized spacial score (nSPS) is 15.4. The highest BCUT2D eigenvalue weighted by Crippen LogP contribution is 2.25. The standard InChI is InChI=1S/C20H25N3O5S/c1-15-11-19(23(24)25)12-20(16(15)2)29(26,27)21-13-17-3-5-18(6-4-17)14-22-7-9-28-10-8-22/h3-6,11-12,21H,7-10,13-14H2,1-2H3. The van der Waals surface area contributed by atoms with E-state index in [1.54, 1.807) is 13.8 Å². The second-order valence-electron chi connectivity index (χ2n) is 7.17. The number of morpholine rings is 1. The number of benzene rings is 2. The van der Waals surface area contributed by atoms with E-state index in [1.165, 1.54) is 6.07 Å². The molecule has 0 radical (unpaired) electrons. The van der Waals surface area contributed by atoms with E-state index in [0.29, 0.717) is 11.1 Å². The molecule has 8 nitrogen and oxygen atoms in total. The predicted octanol–water partition coefficient (Wildman–Crippen LogP) is 2.52. The fourth-order valence-electron chi connectivity index (χ4n) is 3.23. The molecule has 156 valence electrons. The van der Waals surface area contributed by atoms with Crippen molar-refractivity contribution in [2.75, 3.05) is 26.3 Å². The van der Waals surface area contributed by atoms with E-state index in [1.807, 2.05) is 24.3 Å². The number of hydrogen-bond acceptors (Lipinski definition) is 6. The number of ether oxygens (including phenoxy) is 1. The van der Waals surface area contributed by atoms with Gasteiger partial charge in [0.1, 0.15) is 0 Å². The highest BCUT2D eigenvalue weighted by molar-refractivity contribution is 7.89. The molecule has 3 rings (SSSR count). The fraction of sp³-hybridized carbons (Fsp3) is 0.400. The number of aryl methyl sites for hydroxylation is 1. The summed E-state index contributed by atoms with van der Waals surface area (Å²) < 4.78 is 33.4. The van der Waals surface area contributed by atoms with Crippen molar-refractivity contribution in [2.45, 2.75) is 31.8 Å². The Labute approximate surface area is 170 Å². The molecule has 0 aromatic heterocycles. The minimum atomic E-state index is -3.88. The molecule has 1 saturated heterocycles. The molecule has 1 fully saturated rings. The molecule has 0 spiro atoms. The Kier molecular flexibility index (Phi) is 6.63. The maximum atomic E-state index is 12.7. The van der Waals surface area contributed by atoms with Gasteiger partial charge in [-0.2, -0.15) is 0 Å². The van der Waals surface area contributed by atoms with Crippen LogP contribution in [0.1, 0.15) is 22.3 Å². The number of nitro groups is 1. The third-order valence-corrected chi connectivity index (χ3v) is 6.63. The van der Waals surface area contributed by atoms with E-state index in [4.69, 9.17) is 4.74 Å². The van der Waals surface area contributed by atoms with Crippen molar-refractivity contribution in [3.63, 3.8) is 0 Å². The highest BCUT2D eigenvalue weighted by Gasteiger charge is 2.22. The van der Waals surface area contributed by atoms with Gasteiger partial charge in [0.2, 0.25) is 10.0 Å². The zero-order valence-electron chi connectivity index (χ0n) is 16.6. The largest absolute Gasteiger partial charge is 0.379 e. The first-order valence-electron chi connectivity index (χ1n) is 9.39. The van der Waals surface area contributed by atoms with Crippen LogP contribution in [-0.4, -0.2) is 44.5 Å². The van der Waals surface area contributed by atoms with Crippen molar-refractivity contribution in [1.29, 1.82) is 0 Å². The lowest BCUT2D eigenvalue weighted by Gasteiger charge is -2.26. The number of nitrogens with one attached hydrogen (secondary N) is 1. The molecule has 1 aliphatic heterocycles. The maximum Gasteiger partial charge on any atom is 0.271 e. The summed E-state index contributed by atoms with van der Waals surface area (Å²) in [6.07, 6.45) is 0. The second kappa shape index (κ2) is 9.00. The first-order chi connectivity index (χ1) is 13.8. The van der Waals surface area contributed by atoms with Gasteiger partial charge in [0.25, 0.3) is 5.69 Å². The van der Waals surface area contributed by atoms with Gasteiger partial charge in [-0.3, -0.25) is 15.0 Å². The van der Waals surface area contributed by atoms with Crippen molar-refractivity contribution in [1.82, 2.24) is 9.62 Å². The zero-order chi connectivity index (χ0) is 21.0. The Morgan fingerprint density at radius 3 is 2.34 bits per heavy atom. The van der Waals surface area contributed by atoms with Crippen molar-refractivity contribution >= 4 is 15.7 Å². The number of hydrogen-bond donors (Lipinski definition) is 1. The monoisotopic (exact) mass is 419 g/mol. The van der Waals surface area contributed by atoms with Gasteiger partial charge in [-0.05, 0) is 36.1 Å². The van der Waals surface area contributed by atoms with E-state index in [9.17, 15) is 18.5 Å². The average molecular weight is 420 g/mol. The topological polar surface area (TPSA) is 102 Å². The minimum Gasteiger partial charge on any atom is -0.379 e. The van der Waals surface area contributed by atoms with Gasteiger partial charge in [0.05, 0.1) is 23.0 Å². The van der Waals surface area contributed by atoms with Crippen LogP contribution in [0.3, 0.4) is 0 Å². The molecule has 0 bridgehead atoms. The third kappa shape index (κ3) is 5.39. The van der Waals surface area contributed by atoms with Crippen LogP contribution >= 0.6 is 0 Å². The minimum absolute atomic E-state index is 0.0619. The fourth-order valence-corrected chi connectivity index (χ4v) is 4.58. The molecule has 1 N–H and O–H groups in total. The quantitative estimate of drug-likeness (QED) is 0.547. The van der Waals surface area contributed by atoms with Gasteiger partial charge in [0.15, 0.2) is 0 Å². The lowest BCUT2D eigenvalue weighted by atomic mass is 10.1. The number of rotatable bonds is 7. The smallest absolute Gasteiger partial charge is 0.271 e.